The number of esters is 2. The molecule has 0 unspecified atom stereocenters. The summed E-state index contributed by atoms with van der Waals surface area (Å²) in [5.41, 5.74) is -0.699. The lowest BCUT2D eigenvalue weighted by Gasteiger charge is -2.22. The van der Waals surface area contributed by atoms with Gasteiger partial charge in [0.15, 0.2) is 6.61 Å². The molecule has 0 aliphatic heterocycles. The standard InChI is InChI=1S/C15H23NO6/c1-6-10-21-12(17)9-8-11(13(18)20-7-2)16-14(19)22-15(3,4)5/h1,11H,7-10H2,2-5H3,(H,16,19)/t11-/m0/s1. The van der Waals surface area contributed by atoms with E-state index in [0.717, 1.165) is 0 Å². The fraction of sp³-hybridized carbons (Fsp3) is 0.667. The van der Waals surface area contributed by atoms with Gasteiger partial charge in [0.25, 0.3) is 0 Å². The van der Waals surface area contributed by atoms with Crippen molar-refractivity contribution in [1.82, 2.24) is 5.32 Å². The van der Waals surface area contributed by atoms with Crippen LogP contribution in [0.25, 0.3) is 0 Å². The van der Waals surface area contributed by atoms with E-state index in [1.807, 2.05) is 0 Å². The lowest BCUT2D eigenvalue weighted by molar-refractivity contribution is -0.146. The summed E-state index contributed by atoms with van der Waals surface area (Å²) >= 11 is 0. The Labute approximate surface area is 130 Å². The molecule has 0 radical (unpaired) electrons. The Balaban J connectivity index is 4.57. The zero-order valence-corrected chi connectivity index (χ0v) is 13.4. The second kappa shape index (κ2) is 9.66. The van der Waals surface area contributed by atoms with Crippen molar-refractivity contribution < 1.29 is 28.6 Å². The average Bonchev–Trinajstić information content (AvgIpc) is 2.39. The quantitative estimate of drug-likeness (QED) is 0.434. The first-order chi connectivity index (χ1) is 10.2. The highest BCUT2D eigenvalue weighted by molar-refractivity contribution is 5.82. The van der Waals surface area contributed by atoms with Crippen molar-refractivity contribution in [3.8, 4) is 12.3 Å². The minimum Gasteiger partial charge on any atom is -0.464 e. The Morgan fingerprint density at radius 1 is 1.23 bits per heavy atom. The van der Waals surface area contributed by atoms with Crippen molar-refractivity contribution in [1.29, 1.82) is 0 Å². The highest BCUT2D eigenvalue weighted by atomic mass is 16.6. The number of ether oxygens (including phenoxy) is 3. The van der Waals surface area contributed by atoms with Crippen LogP contribution in [0.4, 0.5) is 4.79 Å². The van der Waals surface area contributed by atoms with Gasteiger partial charge in [-0.05, 0) is 34.1 Å². The SMILES string of the molecule is C#CCOC(=O)CC[C@H](NC(=O)OC(C)(C)C)C(=O)OCC. The van der Waals surface area contributed by atoms with Crippen molar-refractivity contribution in [2.45, 2.75) is 52.2 Å². The first kappa shape index (κ1) is 19.8. The number of carbonyl (C=O) groups is 3. The highest BCUT2D eigenvalue weighted by Crippen LogP contribution is 2.08. The first-order valence-corrected chi connectivity index (χ1v) is 6.94. The van der Waals surface area contributed by atoms with Crippen LogP contribution in [0.1, 0.15) is 40.5 Å². The molecule has 0 rings (SSSR count). The van der Waals surface area contributed by atoms with Gasteiger partial charge in [-0.15, -0.1) is 6.42 Å². The van der Waals surface area contributed by atoms with Gasteiger partial charge in [-0.2, -0.15) is 0 Å². The fourth-order valence-electron chi connectivity index (χ4n) is 1.40. The number of hydrogen-bond donors (Lipinski definition) is 1. The molecule has 0 spiro atoms. The molecule has 0 fully saturated rings. The van der Waals surface area contributed by atoms with Crippen molar-refractivity contribution in [3.05, 3.63) is 0 Å². The average molecular weight is 313 g/mol. The van der Waals surface area contributed by atoms with Crippen molar-refractivity contribution in [2.24, 2.45) is 0 Å². The van der Waals surface area contributed by atoms with Crippen LogP contribution in [0, 0.1) is 12.3 Å². The molecule has 0 aromatic heterocycles. The molecule has 0 aliphatic carbocycles. The number of hydrogen-bond acceptors (Lipinski definition) is 6. The maximum absolute atomic E-state index is 11.8. The molecule has 1 amide bonds. The van der Waals surface area contributed by atoms with Gasteiger partial charge in [-0.1, -0.05) is 5.92 Å². The topological polar surface area (TPSA) is 90.9 Å². The number of rotatable bonds is 7. The molecular weight excluding hydrogens is 290 g/mol. The van der Waals surface area contributed by atoms with E-state index in [9.17, 15) is 14.4 Å². The van der Waals surface area contributed by atoms with Gasteiger partial charge in [0.05, 0.1) is 6.61 Å². The molecule has 22 heavy (non-hydrogen) atoms. The molecule has 0 saturated carbocycles. The minimum absolute atomic E-state index is 0.0292. The summed E-state index contributed by atoms with van der Waals surface area (Å²) in [4.78, 5) is 34.9. The Kier molecular flexibility index (Phi) is 8.68. The van der Waals surface area contributed by atoms with Crippen LogP contribution in [0.3, 0.4) is 0 Å². The molecule has 7 nitrogen and oxygen atoms in total. The summed E-state index contributed by atoms with van der Waals surface area (Å²) in [6, 6.07) is -0.992. The third-order valence-corrected chi connectivity index (χ3v) is 2.22. The molecule has 0 aliphatic rings. The maximum atomic E-state index is 11.8. The molecule has 124 valence electrons. The van der Waals surface area contributed by atoms with E-state index in [2.05, 4.69) is 11.2 Å². The van der Waals surface area contributed by atoms with Gasteiger partial charge in [0, 0.05) is 6.42 Å². The zero-order chi connectivity index (χ0) is 17.2. The molecule has 1 N–H and O–H groups in total. The van der Waals surface area contributed by atoms with Gasteiger partial charge in [-0.3, -0.25) is 4.79 Å². The molecule has 0 bridgehead atoms. The van der Waals surface area contributed by atoms with E-state index in [4.69, 9.17) is 20.6 Å². The van der Waals surface area contributed by atoms with E-state index in [1.54, 1.807) is 27.7 Å². The summed E-state index contributed by atoms with van der Waals surface area (Å²) in [5, 5.41) is 2.39. The van der Waals surface area contributed by atoms with Crippen LogP contribution in [0.5, 0.6) is 0 Å². The summed E-state index contributed by atoms with van der Waals surface area (Å²) in [6.07, 6.45) is 4.16. The smallest absolute Gasteiger partial charge is 0.408 e. The minimum atomic E-state index is -0.992. The molecule has 0 aromatic rings. The van der Waals surface area contributed by atoms with Gasteiger partial charge in [0.1, 0.15) is 11.6 Å². The van der Waals surface area contributed by atoms with Crippen LogP contribution in [-0.4, -0.2) is 42.9 Å². The van der Waals surface area contributed by atoms with Crippen LogP contribution < -0.4 is 5.32 Å². The Morgan fingerprint density at radius 2 is 1.86 bits per heavy atom. The molecule has 0 saturated heterocycles. The van der Waals surface area contributed by atoms with Gasteiger partial charge in [-0.25, -0.2) is 9.59 Å². The zero-order valence-electron chi connectivity index (χ0n) is 13.4. The van der Waals surface area contributed by atoms with Crippen LogP contribution in [0.15, 0.2) is 0 Å². The van der Waals surface area contributed by atoms with E-state index < -0.39 is 29.7 Å². The lowest BCUT2D eigenvalue weighted by atomic mass is 10.1. The number of terminal acetylenes is 1. The van der Waals surface area contributed by atoms with Crippen LogP contribution >= 0.6 is 0 Å². The number of carbonyl (C=O) groups excluding carboxylic acids is 3. The molecular formula is C15H23NO6. The number of alkyl carbamates (subject to hydrolysis) is 1. The monoisotopic (exact) mass is 313 g/mol. The van der Waals surface area contributed by atoms with E-state index in [1.165, 1.54) is 0 Å². The van der Waals surface area contributed by atoms with E-state index in [-0.39, 0.29) is 26.1 Å². The third kappa shape index (κ3) is 9.64. The summed E-state index contributed by atoms with van der Waals surface area (Å²) in [5.74, 6) is 0.965. The van der Waals surface area contributed by atoms with E-state index in [0.29, 0.717) is 0 Å². The largest absolute Gasteiger partial charge is 0.464 e. The Hall–Kier alpha value is -2.23. The van der Waals surface area contributed by atoms with Gasteiger partial charge in [0.2, 0.25) is 0 Å². The van der Waals surface area contributed by atoms with Crippen LogP contribution in [0.2, 0.25) is 0 Å². The molecule has 0 heterocycles. The van der Waals surface area contributed by atoms with Crippen molar-refractivity contribution in [3.63, 3.8) is 0 Å². The summed E-state index contributed by atoms with van der Waals surface area (Å²) in [7, 11) is 0. The van der Waals surface area contributed by atoms with Gasteiger partial charge >= 0.3 is 18.0 Å². The second-order valence-electron chi connectivity index (χ2n) is 5.35. The predicted octanol–water partition coefficient (Wildman–Crippen LogP) is 1.40. The van der Waals surface area contributed by atoms with Crippen LogP contribution in [-0.2, 0) is 23.8 Å². The Morgan fingerprint density at radius 3 is 2.36 bits per heavy atom. The maximum Gasteiger partial charge on any atom is 0.408 e. The van der Waals surface area contributed by atoms with Crippen molar-refractivity contribution >= 4 is 18.0 Å². The molecule has 0 aromatic carbocycles. The normalized spacial score (nSPS) is 11.8. The molecule has 1 atom stereocenters. The highest BCUT2D eigenvalue weighted by Gasteiger charge is 2.26. The number of amides is 1. The summed E-state index contributed by atoms with van der Waals surface area (Å²) in [6.45, 7) is 6.76. The van der Waals surface area contributed by atoms with Crippen molar-refractivity contribution in [2.75, 3.05) is 13.2 Å². The number of nitrogens with one attached hydrogen (secondary N) is 1. The predicted molar refractivity (Wildman–Crippen MR) is 78.8 cm³/mol. The van der Waals surface area contributed by atoms with Gasteiger partial charge < -0.3 is 19.5 Å². The third-order valence-electron chi connectivity index (χ3n) is 2.22. The molecule has 7 heteroatoms. The second-order valence-corrected chi connectivity index (χ2v) is 5.35. The van der Waals surface area contributed by atoms with E-state index >= 15 is 0 Å². The first-order valence-electron chi connectivity index (χ1n) is 6.94. The summed E-state index contributed by atoms with van der Waals surface area (Å²) < 4.78 is 14.6. The fourth-order valence-corrected chi connectivity index (χ4v) is 1.40. The Bertz CT molecular complexity index is 432. The lowest BCUT2D eigenvalue weighted by Crippen LogP contribution is -2.44.